The standard InChI is InChI=1S/C9H15N3O2/c1-3-4-5-10-9(14)12-8(13)6-7(2)11-12/h3-6H2,1-2H3,(H,10,14). The predicted molar refractivity (Wildman–Crippen MR) is 52.9 cm³/mol. The van der Waals surface area contributed by atoms with E-state index in [4.69, 9.17) is 0 Å². The van der Waals surface area contributed by atoms with Crippen LogP contribution in [-0.4, -0.2) is 29.2 Å². The predicted octanol–water partition coefficient (Wildman–Crippen LogP) is 1.10. The zero-order chi connectivity index (χ0) is 10.6. The first-order valence-corrected chi connectivity index (χ1v) is 4.80. The molecule has 0 unspecified atom stereocenters. The lowest BCUT2D eigenvalue weighted by Crippen LogP contribution is -2.38. The van der Waals surface area contributed by atoms with Crippen molar-refractivity contribution in [1.29, 1.82) is 0 Å². The quantitative estimate of drug-likeness (QED) is 0.689. The molecule has 1 N–H and O–H groups in total. The van der Waals surface area contributed by atoms with E-state index < -0.39 is 6.03 Å². The molecule has 0 atom stereocenters. The van der Waals surface area contributed by atoms with Crippen LogP contribution in [0.5, 0.6) is 0 Å². The van der Waals surface area contributed by atoms with Crippen molar-refractivity contribution in [2.45, 2.75) is 33.1 Å². The number of urea groups is 1. The fourth-order valence-electron chi connectivity index (χ4n) is 1.16. The molecule has 14 heavy (non-hydrogen) atoms. The Morgan fingerprint density at radius 3 is 2.86 bits per heavy atom. The molecule has 0 aromatic heterocycles. The second-order valence-corrected chi connectivity index (χ2v) is 3.30. The highest BCUT2D eigenvalue weighted by atomic mass is 16.2. The SMILES string of the molecule is CCCCNC(=O)N1N=C(C)CC1=O. The fourth-order valence-corrected chi connectivity index (χ4v) is 1.16. The molecule has 1 aliphatic rings. The van der Waals surface area contributed by atoms with Gasteiger partial charge in [0.05, 0.1) is 6.42 Å². The van der Waals surface area contributed by atoms with Gasteiger partial charge in [-0.2, -0.15) is 5.10 Å². The number of hydrazone groups is 1. The third-order valence-electron chi connectivity index (χ3n) is 1.91. The van der Waals surface area contributed by atoms with E-state index in [1.807, 2.05) is 6.92 Å². The van der Waals surface area contributed by atoms with Crippen LogP contribution in [0, 0.1) is 0 Å². The molecule has 3 amide bonds. The summed E-state index contributed by atoms with van der Waals surface area (Å²) in [6, 6.07) is -0.416. The molecule has 5 heteroatoms. The number of nitrogens with zero attached hydrogens (tertiary/aromatic N) is 2. The average molecular weight is 197 g/mol. The molecule has 5 nitrogen and oxygen atoms in total. The molecule has 1 heterocycles. The van der Waals surface area contributed by atoms with E-state index in [-0.39, 0.29) is 12.3 Å². The zero-order valence-corrected chi connectivity index (χ0v) is 8.54. The maximum Gasteiger partial charge on any atom is 0.345 e. The van der Waals surface area contributed by atoms with Gasteiger partial charge in [0.2, 0.25) is 0 Å². The van der Waals surface area contributed by atoms with Crippen molar-refractivity contribution in [3.05, 3.63) is 0 Å². The fraction of sp³-hybridized carbons (Fsp3) is 0.667. The first-order chi connectivity index (χ1) is 6.65. The molecule has 0 bridgehead atoms. The van der Waals surface area contributed by atoms with Gasteiger partial charge in [0.15, 0.2) is 0 Å². The molecular weight excluding hydrogens is 182 g/mol. The summed E-state index contributed by atoms with van der Waals surface area (Å²) < 4.78 is 0. The van der Waals surface area contributed by atoms with Gasteiger partial charge in [0, 0.05) is 12.3 Å². The highest BCUT2D eigenvalue weighted by molar-refractivity contribution is 6.09. The van der Waals surface area contributed by atoms with Gasteiger partial charge < -0.3 is 5.32 Å². The summed E-state index contributed by atoms with van der Waals surface area (Å²) >= 11 is 0. The summed E-state index contributed by atoms with van der Waals surface area (Å²) in [4.78, 5) is 22.6. The molecule has 0 aliphatic carbocycles. The van der Waals surface area contributed by atoms with Gasteiger partial charge in [-0.1, -0.05) is 13.3 Å². The van der Waals surface area contributed by atoms with Crippen molar-refractivity contribution in [3.8, 4) is 0 Å². The van der Waals surface area contributed by atoms with Crippen molar-refractivity contribution in [1.82, 2.24) is 10.3 Å². The number of nitrogens with one attached hydrogen (secondary N) is 1. The minimum atomic E-state index is -0.416. The van der Waals surface area contributed by atoms with E-state index >= 15 is 0 Å². The van der Waals surface area contributed by atoms with Crippen LogP contribution in [0.3, 0.4) is 0 Å². The van der Waals surface area contributed by atoms with Crippen molar-refractivity contribution in [2.24, 2.45) is 5.10 Å². The lowest BCUT2D eigenvalue weighted by atomic mass is 10.3. The van der Waals surface area contributed by atoms with Gasteiger partial charge in [-0.3, -0.25) is 4.79 Å². The number of amides is 3. The molecular formula is C9H15N3O2. The van der Waals surface area contributed by atoms with Crippen LogP contribution in [0.1, 0.15) is 33.1 Å². The number of hydrogen-bond acceptors (Lipinski definition) is 3. The van der Waals surface area contributed by atoms with Crippen molar-refractivity contribution in [2.75, 3.05) is 6.54 Å². The Hall–Kier alpha value is -1.39. The highest BCUT2D eigenvalue weighted by Gasteiger charge is 2.26. The highest BCUT2D eigenvalue weighted by Crippen LogP contribution is 2.07. The molecule has 1 rings (SSSR count). The summed E-state index contributed by atoms with van der Waals surface area (Å²) in [7, 11) is 0. The van der Waals surface area contributed by atoms with Crippen LogP contribution in [0.25, 0.3) is 0 Å². The number of imide groups is 1. The van der Waals surface area contributed by atoms with Crippen molar-refractivity contribution < 1.29 is 9.59 Å². The molecule has 0 saturated heterocycles. The average Bonchev–Trinajstić information content (AvgIpc) is 2.45. The Balaban J connectivity index is 2.41. The normalized spacial score (nSPS) is 15.7. The van der Waals surface area contributed by atoms with Gasteiger partial charge in [-0.25, -0.2) is 4.79 Å². The van der Waals surface area contributed by atoms with Gasteiger partial charge >= 0.3 is 6.03 Å². The van der Waals surface area contributed by atoms with Crippen molar-refractivity contribution >= 4 is 17.6 Å². The Morgan fingerprint density at radius 1 is 1.64 bits per heavy atom. The molecule has 0 spiro atoms. The van der Waals surface area contributed by atoms with Crippen LogP contribution >= 0.6 is 0 Å². The molecule has 78 valence electrons. The maximum atomic E-state index is 11.4. The van der Waals surface area contributed by atoms with Crippen LogP contribution in [0.15, 0.2) is 5.10 Å². The van der Waals surface area contributed by atoms with Gasteiger partial charge in [0.1, 0.15) is 0 Å². The number of carbonyl (C=O) groups excluding carboxylic acids is 2. The smallest absolute Gasteiger partial charge is 0.336 e. The molecule has 0 fully saturated rings. The number of unbranched alkanes of at least 4 members (excludes halogenated alkanes) is 1. The number of rotatable bonds is 3. The Kier molecular flexibility index (Phi) is 3.62. The minimum Gasteiger partial charge on any atom is -0.336 e. The van der Waals surface area contributed by atoms with Crippen molar-refractivity contribution in [3.63, 3.8) is 0 Å². The lowest BCUT2D eigenvalue weighted by Gasteiger charge is -2.10. The largest absolute Gasteiger partial charge is 0.345 e. The van der Waals surface area contributed by atoms with Crippen LogP contribution < -0.4 is 5.32 Å². The Morgan fingerprint density at radius 2 is 2.36 bits per heavy atom. The molecule has 0 aromatic rings. The first-order valence-electron chi connectivity index (χ1n) is 4.80. The van der Waals surface area contributed by atoms with Crippen LogP contribution in [0.2, 0.25) is 0 Å². The molecule has 0 aromatic carbocycles. The second kappa shape index (κ2) is 4.74. The van der Waals surface area contributed by atoms with Crippen LogP contribution in [-0.2, 0) is 4.79 Å². The van der Waals surface area contributed by atoms with E-state index in [0.29, 0.717) is 12.3 Å². The molecule has 0 radical (unpaired) electrons. The summed E-state index contributed by atoms with van der Waals surface area (Å²) in [6.45, 7) is 4.36. The minimum absolute atomic E-state index is 0.251. The first kappa shape index (κ1) is 10.7. The Labute approximate surface area is 83.2 Å². The maximum absolute atomic E-state index is 11.4. The van der Waals surface area contributed by atoms with Gasteiger partial charge in [-0.15, -0.1) is 5.01 Å². The molecule has 1 aliphatic heterocycles. The van der Waals surface area contributed by atoms with E-state index in [2.05, 4.69) is 10.4 Å². The van der Waals surface area contributed by atoms with E-state index in [1.165, 1.54) is 0 Å². The topological polar surface area (TPSA) is 61.8 Å². The summed E-state index contributed by atoms with van der Waals surface area (Å²) in [6.07, 6.45) is 2.17. The summed E-state index contributed by atoms with van der Waals surface area (Å²) in [5.74, 6) is -0.253. The van der Waals surface area contributed by atoms with Crippen LogP contribution in [0.4, 0.5) is 4.79 Å². The van der Waals surface area contributed by atoms with Gasteiger partial charge in [0.25, 0.3) is 5.91 Å². The number of carbonyl (C=O) groups is 2. The van der Waals surface area contributed by atoms with E-state index in [9.17, 15) is 9.59 Å². The third-order valence-corrected chi connectivity index (χ3v) is 1.91. The third kappa shape index (κ3) is 2.55. The molecule has 0 saturated carbocycles. The Bertz CT molecular complexity index is 273. The van der Waals surface area contributed by atoms with Gasteiger partial charge in [-0.05, 0) is 13.3 Å². The second-order valence-electron chi connectivity index (χ2n) is 3.30. The zero-order valence-electron chi connectivity index (χ0n) is 8.54. The number of hydrogen-bond donors (Lipinski definition) is 1. The van der Waals surface area contributed by atoms with E-state index in [1.54, 1.807) is 6.92 Å². The monoisotopic (exact) mass is 197 g/mol. The summed E-state index contributed by atoms with van der Waals surface area (Å²) in [5, 5.41) is 7.38. The summed E-state index contributed by atoms with van der Waals surface area (Å²) in [5.41, 5.74) is 0.681. The van der Waals surface area contributed by atoms with E-state index in [0.717, 1.165) is 17.9 Å². The lowest BCUT2D eigenvalue weighted by molar-refractivity contribution is -0.125.